The van der Waals surface area contributed by atoms with Gasteiger partial charge >= 0.3 is 18.1 Å². The van der Waals surface area contributed by atoms with Gasteiger partial charge in [-0.2, -0.15) is 13.2 Å². The summed E-state index contributed by atoms with van der Waals surface area (Å²) in [4.78, 5) is 25.1. The van der Waals surface area contributed by atoms with Crippen LogP contribution in [0.25, 0.3) is 0 Å². The largest absolute Gasteiger partial charge is 0.478 e. The Morgan fingerprint density at radius 1 is 1.44 bits per heavy atom. The summed E-state index contributed by atoms with van der Waals surface area (Å²) in [6.45, 7) is 1.41. The number of aryl methyl sites for hydroxylation is 1. The summed E-state index contributed by atoms with van der Waals surface area (Å²) in [6.07, 6.45) is -5.15. The van der Waals surface area contributed by atoms with E-state index in [2.05, 4.69) is 4.98 Å². The van der Waals surface area contributed by atoms with Gasteiger partial charge in [0.05, 0.1) is 11.3 Å². The maximum absolute atomic E-state index is 12.1. The number of hydrogen-bond acceptors (Lipinski definition) is 3. The van der Waals surface area contributed by atoms with Crippen LogP contribution >= 0.6 is 11.6 Å². The Bertz CT molecular complexity index is 517. The van der Waals surface area contributed by atoms with Gasteiger partial charge in [0.2, 0.25) is 0 Å². The number of anilines is 1. The number of aromatic carboxylic acids is 1. The predicted octanol–water partition coefficient (Wildman–Crippen LogP) is 2.24. The molecule has 5 nitrogen and oxygen atoms in total. The number of pyridine rings is 1. The molecule has 0 aliphatic rings. The minimum absolute atomic E-state index is 0.197. The molecule has 0 aliphatic carbocycles. The van der Waals surface area contributed by atoms with E-state index in [4.69, 9.17) is 16.7 Å². The average Bonchev–Trinajstić information content (AvgIpc) is 2.19. The average molecular weight is 283 g/mol. The quantitative estimate of drug-likeness (QED) is 0.815. The number of carboxylic acid groups (broad SMARTS) is 1. The Morgan fingerprint density at radius 3 is 2.44 bits per heavy atom. The Morgan fingerprint density at radius 2 is 2.00 bits per heavy atom. The van der Waals surface area contributed by atoms with E-state index in [0.717, 1.165) is 6.07 Å². The third-order valence-electron chi connectivity index (χ3n) is 1.83. The smallest absolute Gasteiger partial charge is 0.471 e. The lowest BCUT2D eigenvalue weighted by Crippen LogP contribution is -2.31. The molecular weight excluding hydrogens is 277 g/mol. The van der Waals surface area contributed by atoms with Gasteiger partial charge in [-0.05, 0) is 13.0 Å². The van der Waals surface area contributed by atoms with Crippen LogP contribution in [0.1, 0.15) is 16.1 Å². The lowest BCUT2D eigenvalue weighted by molar-refractivity contribution is -0.167. The second-order valence-electron chi connectivity index (χ2n) is 3.23. The van der Waals surface area contributed by atoms with E-state index in [1.54, 1.807) is 0 Å². The number of carbonyl (C=O) groups excluding carboxylic acids is 1. The monoisotopic (exact) mass is 282 g/mol. The van der Waals surface area contributed by atoms with Gasteiger partial charge in [-0.1, -0.05) is 11.6 Å². The maximum atomic E-state index is 12.1. The molecule has 1 aromatic rings. The topological polar surface area (TPSA) is 79.3 Å². The van der Waals surface area contributed by atoms with Gasteiger partial charge in [0.1, 0.15) is 0 Å². The molecule has 0 radical (unpaired) electrons. The number of halogens is 4. The van der Waals surface area contributed by atoms with Crippen LogP contribution in [0.2, 0.25) is 5.15 Å². The molecule has 0 bridgehead atoms. The molecule has 0 saturated carbocycles. The van der Waals surface area contributed by atoms with Crippen LogP contribution in [0.3, 0.4) is 0 Å². The molecule has 1 rings (SSSR count). The fourth-order valence-electron chi connectivity index (χ4n) is 1.11. The van der Waals surface area contributed by atoms with Crippen LogP contribution in [-0.2, 0) is 4.79 Å². The van der Waals surface area contributed by atoms with Gasteiger partial charge < -0.3 is 10.4 Å². The molecule has 1 heterocycles. The summed E-state index contributed by atoms with van der Waals surface area (Å²) in [5.74, 6) is -3.85. The van der Waals surface area contributed by atoms with Crippen molar-refractivity contribution < 1.29 is 27.9 Å². The number of nitrogens with one attached hydrogen (secondary N) is 1. The van der Waals surface area contributed by atoms with Crippen LogP contribution < -0.4 is 5.32 Å². The molecule has 0 saturated heterocycles. The summed E-state index contributed by atoms with van der Waals surface area (Å²) in [5, 5.41) is 9.68. The van der Waals surface area contributed by atoms with Crippen LogP contribution in [-0.4, -0.2) is 28.1 Å². The number of hydrogen-bond donors (Lipinski definition) is 2. The van der Waals surface area contributed by atoms with Crippen molar-refractivity contribution in [3.63, 3.8) is 0 Å². The molecule has 1 aromatic heterocycles. The van der Waals surface area contributed by atoms with Crippen molar-refractivity contribution in [2.24, 2.45) is 0 Å². The van der Waals surface area contributed by atoms with E-state index in [1.807, 2.05) is 0 Å². The highest BCUT2D eigenvalue weighted by Crippen LogP contribution is 2.27. The van der Waals surface area contributed by atoms with Crippen LogP contribution in [0.5, 0.6) is 0 Å². The normalized spacial score (nSPS) is 11.2. The molecule has 18 heavy (non-hydrogen) atoms. The minimum Gasteiger partial charge on any atom is -0.478 e. The van der Waals surface area contributed by atoms with Crippen molar-refractivity contribution in [1.82, 2.24) is 4.98 Å². The lowest BCUT2D eigenvalue weighted by Gasteiger charge is -2.12. The van der Waals surface area contributed by atoms with Crippen molar-refractivity contribution >= 4 is 29.2 Å². The molecule has 0 fully saturated rings. The Kier molecular flexibility index (Phi) is 3.80. The zero-order chi connectivity index (χ0) is 14.1. The summed E-state index contributed by atoms with van der Waals surface area (Å²) >= 11 is 5.52. The van der Waals surface area contributed by atoms with E-state index in [0.29, 0.717) is 0 Å². The Labute approximate surface area is 104 Å². The highest BCUT2D eigenvalue weighted by atomic mass is 35.5. The van der Waals surface area contributed by atoms with Crippen LogP contribution in [0.15, 0.2) is 6.07 Å². The van der Waals surface area contributed by atoms with Gasteiger partial charge in [0.25, 0.3) is 0 Å². The zero-order valence-electron chi connectivity index (χ0n) is 8.80. The van der Waals surface area contributed by atoms with E-state index in [1.165, 1.54) is 12.2 Å². The van der Waals surface area contributed by atoms with Gasteiger partial charge in [0.15, 0.2) is 5.15 Å². The highest BCUT2D eigenvalue weighted by Gasteiger charge is 2.39. The number of carbonyl (C=O) groups is 2. The van der Waals surface area contributed by atoms with Gasteiger partial charge in [-0.15, -0.1) is 0 Å². The number of aromatic nitrogens is 1. The fraction of sp³-hybridized carbons (Fsp3) is 0.222. The van der Waals surface area contributed by atoms with Crippen LogP contribution in [0, 0.1) is 6.92 Å². The molecule has 0 aliphatic heterocycles. The number of rotatable bonds is 2. The first kappa shape index (κ1) is 14.2. The molecule has 0 spiro atoms. The number of alkyl halides is 3. The molecule has 0 unspecified atom stereocenters. The second kappa shape index (κ2) is 4.81. The fourth-order valence-corrected chi connectivity index (χ4v) is 1.39. The van der Waals surface area contributed by atoms with E-state index >= 15 is 0 Å². The summed E-state index contributed by atoms with van der Waals surface area (Å²) in [6, 6.07) is 1.00. The first-order valence-corrected chi connectivity index (χ1v) is 4.79. The number of carboxylic acids is 1. The first-order valence-electron chi connectivity index (χ1n) is 4.41. The third-order valence-corrected chi connectivity index (χ3v) is 2.10. The van der Waals surface area contributed by atoms with Crippen LogP contribution in [0.4, 0.5) is 18.9 Å². The van der Waals surface area contributed by atoms with Crippen molar-refractivity contribution in [3.05, 3.63) is 22.5 Å². The molecule has 98 valence electrons. The number of amides is 1. The van der Waals surface area contributed by atoms with Crippen molar-refractivity contribution in [1.29, 1.82) is 0 Å². The predicted molar refractivity (Wildman–Crippen MR) is 55.6 cm³/mol. The molecule has 2 N–H and O–H groups in total. The third kappa shape index (κ3) is 3.10. The molecule has 0 atom stereocenters. The standard InChI is InChI=1S/C9H6ClF3N2O3/c1-3-2-4(7(16)17)5(6(10)14-3)15-8(18)9(11,12)13/h2H,1H3,(H,15,18)(H,16,17). The molecule has 0 aromatic carbocycles. The highest BCUT2D eigenvalue weighted by molar-refractivity contribution is 6.33. The number of nitrogens with zero attached hydrogens (tertiary/aromatic N) is 1. The van der Waals surface area contributed by atoms with Crippen molar-refractivity contribution in [3.8, 4) is 0 Å². The maximum Gasteiger partial charge on any atom is 0.471 e. The minimum atomic E-state index is -5.15. The van der Waals surface area contributed by atoms with E-state index in [9.17, 15) is 22.8 Å². The molecular formula is C9H6ClF3N2O3. The SMILES string of the molecule is Cc1cc(C(=O)O)c(NC(=O)C(F)(F)F)c(Cl)n1. The summed E-state index contributed by atoms with van der Waals surface area (Å²) < 4.78 is 36.2. The van der Waals surface area contributed by atoms with E-state index < -0.39 is 34.5 Å². The zero-order valence-corrected chi connectivity index (χ0v) is 9.56. The van der Waals surface area contributed by atoms with E-state index in [-0.39, 0.29) is 5.69 Å². The van der Waals surface area contributed by atoms with Crippen molar-refractivity contribution in [2.45, 2.75) is 13.1 Å². The Hall–Kier alpha value is -1.83. The van der Waals surface area contributed by atoms with Gasteiger partial charge in [0, 0.05) is 5.69 Å². The van der Waals surface area contributed by atoms with Crippen molar-refractivity contribution in [2.75, 3.05) is 5.32 Å². The Balaban J connectivity index is 3.24. The summed E-state index contributed by atoms with van der Waals surface area (Å²) in [5.41, 5.74) is -1.05. The summed E-state index contributed by atoms with van der Waals surface area (Å²) in [7, 11) is 0. The van der Waals surface area contributed by atoms with Gasteiger partial charge in [-0.25, -0.2) is 9.78 Å². The second-order valence-corrected chi connectivity index (χ2v) is 3.59. The molecule has 1 amide bonds. The molecule has 9 heteroatoms. The lowest BCUT2D eigenvalue weighted by atomic mass is 10.2. The van der Waals surface area contributed by atoms with Gasteiger partial charge in [-0.3, -0.25) is 4.79 Å². The first-order chi connectivity index (χ1) is 8.12.